The summed E-state index contributed by atoms with van der Waals surface area (Å²) in [5, 5.41) is 27.0. The number of allylic oxidation sites excluding steroid dienone is 4. The maximum absolute atomic E-state index is 12.6. The standard InChI is InChI=1S/C31H58N6O3/c1-22(2)27(8)32-19-13-12-14-20-37(40)30(39)18-17-29(38)36-31(10,11)28(9)35-25(6)16-15-24(5)34-26(7)21-33-23(3)4/h22,26,28,32-35,40H,3,5-6,8,12-21H2,1-2,4,7,9-11H3,(H,36,38). The van der Waals surface area contributed by atoms with E-state index in [0.29, 0.717) is 18.8 Å². The van der Waals surface area contributed by atoms with E-state index in [0.717, 1.165) is 60.2 Å². The molecule has 0 rings (SSSR count). The number of nitrogens with zero attached hydrogens (tertiary/aromatic N) is 1. The minimum atomic E-state index is -0.575. The molecule has 0 fully saturated rings. The molecule has 6 N–H and O–H groups in total. The molecule has 0 aromatic heterocycles. The van der Waals surface area contributed by atoms with Crippen molar-refractivity contribution in [1.82, 2.24) is 31.6 Å². The lowest BCUT2D eigenvalue weighted by Gasteiger charge is -2.35. The lowest BCUT2D eigenvalue weighted by molar-refractivity contribution is -0.166. The van der Waals surface area contributed by atoms with E-state index >= 15 is 0 Å². The van der Waals surface area contributed by atoms with E-state index in [1.165, 1.54) is 0 Å². The molecule has 0 saturated heterocycles. The topological polar surface area (TPSA) is 118 Å². The van der Waals surface area contributed by atoms with Gasteiger partial charge < -0.3 is 26.6 Å². The first kappa shape index (κ1) is 37.1. The second kappa shape index (κ2) is 19.2. The average Bonchev–Trinajstić information content (AvgIpc) is 2.86. The third-order valence-corrected chi connectivity index (χ3v) is 6.80. The fourth-order valence-electron chi connectivity index (χ4n) is 3.68. The predicted octanol–water partition coefficient (Wildman–Crippen LogP) is 4.70. The summed E-state index contributed by atoms with van der Waals surface area (Å²) in [5.74, 6) is -0.287. The molecule has 9 heteroatoms. The third kappa shape index (κ3) is 17.6. The normalized spacial score (nSPS) is 12.6. The summed E-state index contributed by atoms with van der Waals surface area (Å²) >= 11 is 0. The number of carbonyl (C=O) groups excluding carboxylic acids is 2. The van der Waals surface area contributed by atoms with Crippen molar-refractivity contribution in [2.24, 2.45) is 5.92 Å². The molecule has 0 spiro atoms. The molecule has 2 amide bonds. The molecule has 0 heterocycles. The third-order valence-electron chi connectivity index (χ3n) is 6.80. The van der Waals surface area contributed by atoms with Gasteiger partial charge in [-0.2, -0.15) is 0 Å². The van der Waals surface area contributed by atoms with Crippen molar-refractivity contribution < 1.29 is 14.8 Å². The van der Waals surface area contributed by atoms with Crippen molar-refractivity contribution in [3.05, 3.63) is 49.1 Å². The number of hydrogen-bond acceptors (Lipinski definition) is 7. The maximum Gasteiger partial charge on any atom is 0.246 e. The van der Waals surface area contributed by atoms with Crippen LogP contribution in [0.5, 0.6) is 0 Å². The van der Waals surface area contributed by atoms with Crippen LogP contribution in [0.4, 0.5) is 0 Å². The summed E-state index contributed by atoms with van der Waals surface area (Å²) < 4.78 is 0. The fourth-order valence-corrected chi connectivity index (χ4v) is 3.68. The Kier molecular flexibility index (Phi) is 17.8. The Morgan fingerprint density at radius 3 is 2.02 bits per heavy atom. The Morgan fingerprint density at radius 1 is 0.850 bits per heavy atom. The zero-order valence-electron chi connectivity index (χ0n) is 26.3. The van der Waals surface area contributed by atoms with Crippen LogP contribution in [-0.4, -0.2) is 59.3 Å². The molecule has 2 atom stereocenters. The number of hydroxylamine groups is 2. The lowest BCUT2D eigenvalue weighted by atomic mass is 9.95. The zero-order chi connectivity index (χ0) is 30.9. The van der Waals surface area contributed by atoms with E-state index in [2.05, 4.69) is 73.7 Å². The Morgan fingerprint density at radius 2 is 1.45 bits per heavy atom. The van der Waals surface area contributed by atoms with Crippen molar-refractivity contribution >= 4 is 11.8 Å². The van der Waals surface area contributed by atoms with Gasteiger partial charge in [0.05, 0.1) is 5.54 Å². The number of amides is 2. The van der Waals surface area contributed by atoms with Crippen molar-refractivity contribution in [2.75, 3.05) is 19.6 Å². The highest BCUT2D eigenvalue weighted by molar-refractivity contribution is 5.83. The summed E-state index contributed by atoms with van der Waals surface area (Å²) in [4.78, 5) is 24.8. The van der Waals surface area contributed by atoms with E-state index in [-0.39, 0.29) is 37.4 Å². The van der Waals surface area contributed by atoms with E-state index in [1.807, 2.05) is 27.7 Å². The highest BCUT2D eigenvalue weighted by Crippen LogP contribution is 2.14. The van der Waals surface area contributed by atoms with Gasteiger partial charge in [-0.25, -0.2) is 5.06 Å². The fraction of sp³-hybridized carbons (Fsp3) is 0.677. The average molecular weight is 563 g/mol. The van der Waals surface area contributed by atoms with Crippen molar-refractivity contribution in [1.29, 1.82) is 0 Å². The van der Waals surface area contributed by atoms with Gasteiger partial charge >= 0.3 is 0 Å². The van der Waals surface area contributed by atoms with Gasteiger partial charge in [0.2, 0.25) is 11.8 Å². The van der Waals surface area contributed by atoms with E-state index in [9.17, 15) is 14.8 Å². The van der Waals surface area contributed by atoms with Crippen LogP contribution in [0.15, 0.2) is 49.1 Å². The molecule has 40 heavy (non-hydrogen) atoms. The minimum absolute atomic E-state index is 0.0120. The van der Waals surface area contributed by atoms with Gasteiger partial charge in [-0.1, -0.05) is 40.2 Å². The van der Waals surface area contributed by atoms with Gasteiger partial charge in [0.25, 0.3) is 0 Å². The molecule has 0 aliphatic rings. The molecule has 0 aromatic rings. The second-order valence-electron chi connectivity index (χ2n) is 11.7. The first-order chi connectivity index (χ1) is 18.5. The van der Waals surface area contributed by atoms with Crippen LogP contribution in [0.1, 0.15) is 93.4 Å². The summed E-state index contributed by atoms with van der Waals surface area (Å²) in [6, 6.07) is 0.132. The van der Waals surface area contributed by atoms with Gasteiger partial charge in [0.15, 0.2) is 0 Å². The molecule has 9 nitrogen and oxygen atoms in total. The summed E-state index contributed by atoms with van der Waals surface area (Å²) in [5.41, 5.74) is 3.17. The number of hydrogen-bond donors (Lipinski definition) is 6. The number of rotatable bonds is 23. The van der Waals surface area contributed by atoms with Gasteiger partial charge in [-0.05, 0) is 72.6 Å². The monoisotopic (exact) mass is 562 g/mol. The Bertz CT molecular complexity index is 852. The molecule has 0 saturated carbocycles. The number of carbonyl (C=O) groups is 2. The Labute approximate surface area is 244 Å². The molecule has 0 aromatic carbocycles. The Balaban J connectivity index is 4.29. The van der Waals surface area contributed by atoms with E-state index in [1.54, 1.807) is 0 Å². The number of nitrogens with one attached hydrogen (secondary N) is 5. The van der Waals surface area contributed by atoms with Crippen molar-refractivity contribution in [2.45, 2.75) is 111 Å². The predicted molar refractivity (Wildman–Crippen MR) is 166 cm³/mol. The van der Waals surface area contributed by atoms with Gasteiger partial charge in [-0.15, -0.1) is 0 Å². The highest BCUT2D eigenvalue weighted by Gasteiger charge is 2.28. The van der Waals surface area contributed by atoms with Crippen LogP contribution in [0.3, 0.4) is 0 Å². The van der Waals surface area contributed by atoms with E-state index < -0.39 is 11.4 Å². The minimum Gasteiger partial charge on any atom is -0.389 e. The van der Waals surface area contributed by atoms with Gasteiger partial charge in [0.1, 0.15) is 0 Å². The van der Waals surface area contributed by atoms with Crippen LogP contribution in [0, 0.1) is 5.92 Å². The van der Waals surface area contributed by atoms with Crippen molar-refractivity contribution in [3.63, 3.8) is 0 Å². The molecular formula is C31H58N6O3. The maximum atomic E-state index is 12.6. The van der Waals surface area contributed by atoms with Gasteiger partial charge in [-0.3, -0.25) is 14.8 Å². The SMILES string of the molecule is C=C(C)NCC(C)NC(=C)CCC(=C)NC(C)C(C)(C)NC(=O)CCC(=O)N(O)CCCCCNC(=C)C(C)C. The quantitative estimate of drug-likeness (QED) is 0.0607. The molecule has 0 bridgehead atoms. The largest absolute Gasteiger partial charge is 0.389 e. The second-order valence-corrected chi connectivity index (χ2v) is 11.7. The lowest BCUT2D eigenvalue weighted by Crippen LogP contribution is -2.56. The van der Waals surface area contributed by atoms with Gasteiger partial charge in [0, 0.05) is 67.3 Å². The highest BCUT2D eigenvalue weighted by atomic mass is 16.5. The van der Waals surface area contributed by atoms with Crippen LogP contribution in [0.2, 0.25) is 0 Å². The van der Waals surface area contributed by atoms with Crippen LogP contribution < -0.4 is 26.6 Å². The molecule has 2 unspecified atom stereocenters. The van der Waals surface area contributed by atoms with Crippen LogP contribution >= 0.6 is 0 Å². The smallest absolute Gasteiger partial charge is 0.246 e. The van der Waals surface area contributed by atoms with Crippen LogP contribution in [0.25, 0.3) is 0 Å². The number of unbranched alkanes of at least 4 members (excludes halogenated alkanes) is 2. The molecule has 0 radical (unpaired) electrons. The first-order valence-corrected chi connectivity index (χ1v) is 14.6. The zero-order valence-corrected chi connectivity index (χ0v) is 26.3. The first-order valence-electron chi connectivity index (χ1n) is 14.6. The molecule has 0 aliphatic heterocycles. The summed E-state index contributed by atoms with van der Waals surface area (Å²) in [6.45, 7) is 31.9. The van der Waals surface area contributed by atoms with Crippen LogP contribution in [-0.2, 0) is 9.59 Å². The summed E-state index contributed by atoms with van der Waals surface area (Å²) in [7, 11) is 0. The molecular weight excluding hydrogens is 504 g/mol. The van der Waals surface area contributed by atoms with E-state index in [4.69, 9.17) is 0 Å². The van der Waals surface area contributed by atoms with Crippen molar-refractivity contribution in [3.8, 4) is 0 Å². The summed E-state index contributed by atoms with van der Waals surface area (Å²) in [6.07, 6.45) is 3.93. The molecule has 230 valence electrons. The Hall–Kier alpha value is -2.94. The molecule has 0 aliphatic carbocycles.